The molecule has 2 aliphatic rings. The van der Waals surface area contributed by atoms with Gasteiger partial charge in [-0.3, -0.25) is 0 Å². The number of halogens is 8. The molecular weight excluding hydrogens is 590 g/mol. The molecular formula is C24H19F8N5O3S. The molecule has 0 saturated carbocycles. The Morgan fingerprint density at radius 2 is 1.76 bits per heavy atom. The van der Waals surface area contributed by atoms with Crippen molar-refractivity contribution in [2.24, 2.45) is 5.41 Å². The molecule has 41 heavy (non-hydrogen) atoms. The SMILES string of the molecule is Fc1ccc(N(Cc2ccc(-c3nnc(C(F)F)o3)cc2F)C(=S)N2CC3(CNC3)C2)c(F)c1.O=C(O)C(F)(F)F. The van der Waals surface area contributed by atoms with Crippen LogP contribution in [-0.2, 0) is 11.3 Å². The Morgan fingerprint density at radius 3 is 2.24 bits per heavy atom. The summed E-state index contributed by atoms with van der Waals surface area (Å²) in [6, 6.07) is 7.02. The number of carbonyl (C=O) groups is 1. The van der Waals surface area contributed by atoms with E-state index in [1.165, 1.54) is 23.1 Å². The number of aliphatic carboxylic acids is 1. The fraction of sp³-hybridized carbons (Fsp3) is 0.333. The standard InChI is InChI=1S/C22H18F5N5OS.C2HF3O2/c23-14-3-4-17(16(25)6-14)32(21(34)31-10-22(11-31)8-28-9-22)7-13-2-1-12(5-15(13)24)19-29-30-20(33-19)18(26)27;3-2(4,5)1(6)7/h1-6,18,28H,7-11H2;(H,6,7). The van der Waals surface area contributed by atoms with E-state index in [2.05, 4.69) is 15.5 Å². The van der Waals surface area contributed by atoms with E-state index in [1.807, 2.05) is 4.90 Å². The lowest BCUT2D eigenvalue weighted by atomic mass is 9.75. The van der Waals surface area contributed by atoms with Gasteiger partial charge in [0.05, 0.1) is 12.2 Å². The van der Waals surface area contributed by atoms with Crippen molar-refractivity contribution < 1.29 is 49.4 Å². The van der Waals surface area contributed by atoms with E-state index in [9.17, 15) is 30.7 Å². The summed E-state index contributed by atoms with van der Waals surface area (Å²) in [4.78, 5) is 12.2. The van der Waals surface area contributed by atoms with Gasteiger partial charge in [-0.2, -0.15) is 22.0 Å². The van der Waals surface area contributed by atoms with Crippen LogP contribution in [0, 0.1) is 22.9 Å². The third-order valence-electron chi connectivity index (χ3n) is 6.25. The number of thiocarbonyl (C=S) groups is 1. The monoisotopic (exact) mass is 609 g/mol. The molecule has 1 spiro atoms. The predicted octanol–water partition coefficient (Wildman–Crippen LogP) is 4.92. The summed E-state index contributed by atoms with van der Waals surface area (Å²) in [6.45, 7) is 2.97. The van der Waals surface area contributed by atoms with E-state index in [1.54, 1.807) is 0 Å². The molecule has 1 aromatic heterocycles. The quantitative estimate of drug-likeness (QED) is 0.309. The maximum Gasteiger partial charge on any atom is 0.490 e. The molecule has 0 aliphatic carbocycles. The number of alkyl halides is 5. The average Bonchev–Trinajstić information content (AvgIpc) is 3.33. The minimum Gasteiger partial charge on any atom is -0.475 e. The molecule has 5 rings (SSSR count). The Hall–Kier alpha value is -3.86. The first-order valence-electron chi connectivity index (χ1n) is 11.6. The van der Waals surface area contributed by atoms with E-state index in [0.29, 0.717) is 18.2 Å². The van der Waals surface area contributed by atoms with Crippen LogP contribution in [0.4, 0.5) is 40.8 Å². The summed E-state index contributed by atoms with van der Waals surface area (Å²) in [5.41, 5.74) is 0.431. The van der Waals surface area contributed by atoms with Gasteiger partial charge >= 0.3 is 18.6 Å². The van der Waals surface area contributed by atoms with E-state index in [4.69, 9.17) is 26.5 Å². The Balaban J connectivity index is 0.000000493. The molecule has 0 radical (unpaired) electrons. The Bertz CT molecular complexity index is 1440. The molecule has 220 valence electrons. The molecule has 0 bridgehead atoms. The highest BCUT2D eigenvalue weighted by atomic mass is 32.1. The highest BCUT2D eigenvalue weighted by Crippen LogP contribution is 2.36. The highest BCUT2D eigenvalue weighted by Gasteiger charge is 2.49. The summed E-state index contributed by atoms with van der Waals surface area (Å²) in [5, 5.41) is 17.4. The van der Waals surface area contributed by atoms with Crippen LogP contribution in [0.3, 0.4) is 0 Å². The lowest BCUT2D eigenvalue weighted by Crippen LogP contribution is -2.73. The molecule has 2 saturated heterocycles. The van der Waals surface area contributed by atoms with Gasteiger partial charge in [-0.1, -0.05) is 6.07 Å². The van der Waals surface area contributed by atoms with Crippen molar-refractivity contribution >= 4 is 29.0 Å². The first kappa shape index (κ1) is 30.1. The number of aromatic nitrogens is 2. The predicted molar refractivity (Wildman–Crippen MR) is 130 cm³/mol. The third kappa shape index (κ3) is 6.73. The first-order valence-corrected chi connectivity index (χ1v) is 12.0. The summed E-state index contributed by atoms with van der Waals surface area (Å²) >= 11 is 5.61. The minimum atomic E-state index is -5.08. The van der Waals surface area contributed by atoms with Crippen LogP contribution in [0.1, 0.15) is 17.9 Å². The van der Waals surface area contributed by atoms with Crippen LogP contribution in [0.2, 0.25) is 0 Å². The molecule has 2 N–H and O–H groups in total. The third-order valence-corrected chi connectivity index (χ3v) is 6.73. The molecule has 3 heterocycles. The van der Waals surface area contributed by atoms with E-state index >= 15 is 4.39 Å². The summed E-state index contributed by atoms with van der Waals surface area (Å²) in [6.07, 6.45) is -8.03. The largest absolute Gasteiger partial charge is 0.490 e. The molecule has 0 atom stereocenters. The van der Waals surface area contributed by atoms with E-state index in [0.717, 1.165) is 31.3 Å². The van der Waals surface area contributed by atoms with Crippen molar-refractivity contribution in [2.45, 2.75) is 19.1 Å². The number of benzene rings is 2. The van der Waals surface area contributed by atoms with Gasteiger partial charge in [0.2, 0.25) is 5.89 Å². The van der Waals surface area contributed by atoms with Gasteiger partial charge in [0.15, 0.2) is 5.11 Å². The number of carboxylic acid groups (broad SMARTS) is 1. The first-order chi connectivity index (χ1) is 19.2. The topological polar surface area (TPSA) is 94.7 Å². The van der Waals surface area contributed by atoms with E-state index < -0.39 is 41.9 Å². The molecule has 2 fully saturated rings. The van der Waals surface area contributed by atoms with Crippen molar-refractivity contribution in [1.29, 1.82) is 0 Å². The van der Waals surface area contributed by atoms with Gasteiger partial charge in [0, 0.05) is 48.8 Å². The zero-order valence-electron chi connectivity index (χ0n) is 20.6. The van der Waals surface area contributed by atoms with E-state index in [-0.39, 0.29) is 34.7 Å². The average molecular weight is 609 g/mol. The number of carboxylic acids is 1. The number of likely N-dealkylation sites (tertiary alicyclic amines) is 1. The normalized spacial score (nSPS) is 15.6. The smallest absolute Gasteiger partial charge is 0.475 e. The summed E-state index contributed by atoms with van der Waals surface area (Å²) in [7, 11) is 0. The summed E-state index contributed by atoms with van der Waals surface area (Å²) < 4.78 is 105. The van der Waals surface area contributed by atoms with Crippen molar-refractivity contribution in [2.75, 3.05) is 31.1 Å². The second kappa shape index (κ2) is 11.6. The van der Waals surface area contributed by atoms with Crippen LogP contribution in [0.25, 0.3) is 11.5 Å². The Morgan fingerprint density at radius 1 is 1.10 bits per heavy atom. The number of nitrogens with zero attached hydrogens (tertiary/aromatic N) is 4. The van der Waals surface area contributed by atoms with Crippen molar-refractivity contribution in [1.82, 2.24) is 20.4 Å². The number of nitrogens with one attached hydrogen (secondary N) is 1. The maximum atomic E-state index is 15.0. The van der Waals surface area contributed by atoms with Crippen LogP contribution < -0.4 is 10.2 Å². The van der Waals surface area contributed by atoms with Gasteiger partial charge in [0.25, 0.3) is 5.89 Å². The lowest BCUT2D eigenvalue weighted by molar-refractivity contribution is -0.192. The van der Waals surface area contributed by atoms with Crippen LogP contribution in [-0.4, -0.2) is 63.6 Å². The van der Waals surface area contributed by atoms with Crippen molar-refractivity contribution in [3.63, 3.8) is 0 Å². The zero-order valence-corrected chi connectivity index (χ0v) is 21.4. The van der Waals surface area contributed by atoms with Crippen LogP contribution in [0.5, 0.6) is 0 Å². The van der Waals surface area contributed by atoms with Gasteiger partial charge in [0.1, 0.15) is 17.5 Å². The second-order valence-electron chi connectivity index (χ2n) is 9.28. The number of hydrogen-bond donors (Lipinski definition) is 2. The van der Waals surface area contributed by atoms with Gasteiger partial charge < -0.3 is 24.6 Å². The van der Waals surface area contributed by atoms with Crippen LogP contribution in [0.15, 0.2) is 40.8 Å². The number of rotatable bonds is 5. The summed E-state index contributed by atoms with van der Waals surface area (Å²) in [5.74, 6) is -6.14. The van der Waals surface area contributed by atoms with Gasteiger partial charge in [-0.15, -0.1) is 10.2 Å². The highest BCUT2D eigenvalue weighted by molar-refractivity contribution is 7.80. The van der Waals surface area contributed by atoms with Gasteiger partial charge in [-0.25, -0.2) is 18.0 Å². The minimum absolute atomic E-state index is 0.0148. The lowest BCUT2D eigenvalue weighted by Gasteiger charge is -2.57. The second-order valence-corrected chi connectivity index (χ2v) is 9.64. The molecule has 17 heteroatoms. The Kier molecular flexibility index (Phi) is 8.49. The maximum absolute atomic E-state index is 15.0. The molecule has 0 amide bonds. The number of hydrogen-bond acceptors (Lipinski definition) is 6. The van der Waals surface area contributed by atoms with Crippen molar-refractivity contribution in [3.8, 4) is 11.5 Å². The molecule has 3 aromatic rings. The fourth-order valence-electron chi connectivity index (χ4n) is 4.15. The molecule has 8 nitrogen and oxygen atoms in total. The molecule has 0 unspecified atom stereocenters. The molecule has 2 aromatic carbocycles. The van der Waals surface area contributed by atoms with Gasteiger partial charge in [-0.05, 0) is 36.5 Å². The molecule has 2 aliphatic heterocycles. The fourth-order valence-corrected chi connectivity index (χ4v) is 4.44. The zero-order chi connectivity index (χ0) is 30.1. The Labute approximate surface area is 231 Å². The van der Waals surface area contributed by atoms with Crippen molar-refractivity contribution in [3.05, 3.63) is 65.3 Å². The van der Waals surface area contributed by atoms with Crippen LogP contribution >= 0.6 is 12.2 Å². The number of anilines is 1.